The van der Waals surface area contributed by atoms with E-state index in [1.165, 1.54) is 16.8 Å². The SMILES string of the molecule is CCOc1cc(F)c(Cn2nc(-c3ncc4c(n3)N(c3ccncc3)C(CNC=O)CO4)c3ccccc32)c(F)c1. The summed E-state index contributed by atoms with van der Waals surface area (Å²) in [6.07, 6.45) is 5.56. The fourth-order valence-corrected chi connectivity index (χ4v) is 4.90. The molecule has 208 valence electrons. The van der Waals surface area contributed by atoms with Gasteiger partial charge in [0.15, 0.2) is 17.4 Å². The number of anilines is 2. The van der Waals surface area contributed by atoms with Crippen LogP contribution >= 0.6 is 0 Å². The summed E-state index contributed by atoms with van der Waals surface area (Å²) in [6, 6.07) is 13.1. The number of pyridine rings is 1. The number of ether oxygens (including phenoxy) is 2. The highest BCUT2D eigenvalue weighted by molar-refractivity contribution is 5.92. The summed E-state index contributed by atoms with van der Waals surface area (Å²) in [6.45, 7) is 2.51. The predicted octanol–water partition coefficient (Wildman–Crippen LogP) is 4.26. The maximum Gasteiger partial charge on any atom is 0.207 e. The van der Waals surface area contributed by atoms with Gasteiger partial charge in [0.1, 0.15) is 29.7 Å². The van der Waals surface area contributed by atoms with E-state index in [-0.39, 0.29) is 23.9 Å². The zero-order chi connectivity index (χ0) is 28.3. The van der Waals surface area contributed by atoms with E-state index in [1.807, 2.05) is 41.3 Å². The average molecular weight is 558 g/mol. The molecule has 1 amide bonds. The van der Waals surface area contributed by atoms with Gasteiger partial charge in [0.05, 0.1) is 30.9 Å². The molecule has 0 saturated carbocycles. The van der Waals surface area contributed by atoms with Crippen LogP contribution in [-0.4, -0.2) is 56.9 Å². The highest BCUT2D eigenvalue weighted by atomic mass is 19.1. The Balaban J connectivity index is 1.43. The van der Waals surface area contributed by atoms with Crippen molar-refractivity contribution in [1.82, 2.24) is 30.0 Å². The van der Waals surface area contributed by atoms with Crippen LogP contribution in [0.25, 0.3) is 22.4 Å². The maximum absolute atomic E-state index is 14.9. The summed E-state index contributed by atoms with van der Waals surface area (Å²) in [5, 5.41) is 8.14. The van der Waals surface area contributed by atoms with Crippen molar-refractivity contribution in [3.05, 3.63) is 84.3 Å². The van der Waals surface area contributed by atoms with E-state index in [9.17, 15) is 13.6 Å². The fraction of sp³-hybridized carbons (Fsp3) is 0.207. The third-order valence-corrected chi connectivity index (χ3v) is 6.74. The number of fused-ring (bicyclic) bond motifs is 2. The van der Waals surface area contributed by atoms with Crippen LogP contribution in [0.3, 0.4) is 0 Å². The Kier molecular flexibility index (Phi) is 7.11. The summed E-state index contributed by atoms with van der Waals surface area (Å²) in [4.78, 5) is 26.5. The lowest BCUT2D eigenvalue weighted by Crippen LogP contribution is -2.46. The van der Waals surface area contributed by atoms with E-state index >= 15 is 0 Å². The fourth-order valence-electron chi connectivity index (χ4n) is 4.90. The van der Waals surface area contributed by atoms with Crippen molar-refractivity contribution >= 4 is 28.8 Å². The number of carbonyl (C=O) groups is 1. The van der Waals surface area contributed by atoms with Gasteiger partial charge in [-0.2, -0.15) is 5.10 Å². The second-order valence-electron chi connectivity index (χ2n) is 9.27. The van der Waals surface area contributed by atoms with Crippen molar-refractivity contribution in [3.8, 4) is 23.0 Å². The lowest BCUT2D eigenvalue weighted by Gasteiger charge is -2.37. The molecule has 4 heterocycles. The first-order chi connectivity index (χ1) is 20.1. The minimum Gasteiger partial charge on any atom is -0.494 e. The van der Waals surface area contributed by atoms with E-state index in [0.29, 0.717) is 60.2 Å². The van der Waals surface area contributed by atoms with Crippen LogP contribution in [-0.2, 0) is 11.3 Å². The zero-order valence-electron chi connectivity index (χ0n) is 22.0. The van der Waals surface area contributed by atoms with E-state index in [2.05, 4.69) is 15.3 Å². The molecule has 1 aliphatic rings. The number of hydrogen-bond donors (Lipinski definition) is 1. The Morgan fingerprint density at radius 2 is 1.93 bits per heavy atom. The minimum atomic E-state index is -0.722. The van der Waals surface area contributed by atoms with Gasteiger partial charge in [-0.3, -0.25) is 14.5 Å². The number of rotatable bonds is 9. The average Bonchev–Trinajstić information content (AvgIpc) is 3.36. The lowest BCUT2D eigenvalue weighted by atomic mass is 10.1. The molecule has 1 aliphatic heterocycles. The van der Waals surface area contributed by atoms with Crippen molar-refractivity contribution in [2.45, 2.75) is 19.5 Å². The first-order valence-electron chi connectivity index (χ1n) is 13.0. The molecular formula is C29H25F2N7O3. The van der Waals surface area contributed by atoms with Crippen LogP contribution in [0.15, 0.2) is 67.1 Å². The van der Waals surface area contributed by atoms with Gasteiger partial charge < -0.3 is 19.7 Å². The van der Waals surface area contributed by atoms with E-state index < -0.39 is 11.6 Å². The Labute approximate surface area is 233 Å². The van der Waals surface area contributed by atoms with Crippen LogP contribution in [0.1, 0.15) is 12.5 Å². The van der Waals surface area contributed by atoms with Crippen molar-refractivity contribution in [1.29, 1.82) is 0 Å². The molecule has 1 unspecified atom stereocenters. The number of nitrogens with one attached hydrogen (secondary N) is 1. The zero-order valence-corrected chi connectivity index (χ0v) is 22.0. The largest absolute Gasteiger partial charge is 0.494 e. The number of aromatic nitrogens is 5. The van der Waals surface area contributed by atoms with Crippen LogP contribution in [0.2, 0.25) is 0 Å². The van der Waals surface area contributed by atoms with Gasteiger partial charge in [0, 0.05) is 47.7 Å². The van der Waals surface area contributed by atoms with Crippen molar-refractivity contribution in [2.24, 2.45) is 0 Å². The van der Waals surface area contributed by atoms with Gasteiger partial charge in [-0.15, -0.1) is 0 Å². The molecule has 12 heteroatoms. The number of amides is 1. The smallest absolute Gasteiger partial charge is 0.207 e. The molecule has 1 N–H and O–H groups in total. The van der Waals surface area contributed by atoms with Gasteiger partial charge in [0.2, 0.25) is 6.41 Å². The normalized spacial score (nSPS) is 14.4. The van der Waals surface area contributed by atoms with Gasteiger partial charge in [-0.1, -0.05) is 18.2 Å². The Hall–Kier alpha value is -5.13. The molecule has 0 radical (unpaired) electrons. The van der Waals surface area contributed by atoms with Gasteiger partial charge in [-0.05, 0) is 25.1 Å². The monoisotopic (exact) mass is 557 g/mol. The Bertz CT molecular complexity index is 1690. The number of para-hydroxylation sites is 1. The second kappa shape index (κ2) is 11.2. The first-order valence-corrected chi connectivity index (χ1v) is 13.0. The van der Waals surface area contributed by atoms with Crippen LogP contribution < -0.4 is 19.7 Å². The van der Waals surface area contributed by atoms with E-state index in [4.69, 9.17) is 19.6 Å². The molecule has 0 spiro atoms. The molecule has 1 atom stereocenters. The molecule has 10 nitrogen and oxygen atoms in total. The molecule has 0 saturated heterocycles. The number of carbonyl (C=O) groups excluding carboxylic acids is 1. The molecule has 0 bridgehead atoms. The minimum absolute atomic E-state index is 0.127. The molecule has 3 aromatic heterocycles. The van der Waals surface area contributed by atoms with Crippen LogP contribution in [0, 0.1) is 11.6 Å². The summed E-state index contributed by atoms with van der Waals surface area (Å²) in [7, 11) is 0. The summed E-state index contributed by atoms with van der Waals surface area (Å²) < 4.78 is 42.6. The molecule has 2 aromatic carbocycles. The number of nitrogens with zero attached hydrogens (tertiary/aromatic N) is 6. The lowest BCUT2D eigenvalue weighted by molar-refractivity contribution is -0.109. The summed E-state index contributed by atoms with van der Waals surface area (Å²) in [5.74, 6) is -0.0534. The number of hydrogen-bond acceptors (Lipinski definition) is 8. The van der Waals surface area contributed by atoms with Crippen molar-refractivity contribution in [2.75, 3.05) is 24.7 Å². The third kappa shape index (κ3) is 4.99. The maximum atomic E-state index is 14.9. The van der Waals surface area contributed by atoms with Crippen molar-refractivity contribution in [3.63, 3.8) is 0 Å². The Morgan fingerprint density at radius 1 is 1.15 bits per heavy atom. The van der Waals surface area contributed by atoms with Crippen molar-refractivity contribution < 1.29 is 23.0 Å². The number of benzene rings is 2. The molecule has 0 fully saturated rings. The van der Waals surface area contributed by atoms with E-state index in [1.54, 1.807) is 25.5 Å². The highest BCUT2D eigenvalue weighted by Crippen LogP contribution is 2.39. The molecule has 6 rings (SSSR count). The van der Waals surface area contributed by atoms with Gasteiger partial charge in [-0.25, -0.2) is 18.7 Å². The third-order valence-electron chi connectivity index (χ3n) is 6.74. The molecule has 0 aliphatic carbocycles. The van der Waals surface area contributed by atoms with Gasteiger partial charge >= 0.3 is 0 Å². The van der Waals surface area contributed by atoms with Gasteiger partial charge in [0.25, 0.3) is 0 Å². The number of halogens is 2. The molecular weight excluding hydrogens is 532 g/mol. The van der Waals surface area contributed by atoms with Crippen LogP contribution in [0.5, 0.6) is 11.5 Å². The molecule has 5 aromatic rings. The standard InChI is InChI=1S/C29H25F2N7O3/c1-2-40-20-11-23(30)22(24(31)12-20)15-37-25-6-4-3-5-21(25)27(36-37)28-34-14-26-29(35-28)38(18-7-9-32-10-8-18)19(16-41-26)13-33-17-39/h3-12,14,17,19H,2,13,15-16H2,1H3,(H,33,39). The summed E-state index contributed by atoms with van der Waals surface area (Å²) in [5.41, 5.74) is 1.77. The topological polar surface area (TPSA) is 107 Å². The first kappa shape index (κ1) is 26.1. The quantitative estimate of drug-likeness (QED) is 0.268. The highest BCUT2D eigenvalue weighted by Gasteiger charge is 2.31. The van der Waals surface area contributed by atoms with Crippen LogP contribution in [0.4, 0.5) is 20.3 Å². The molecule has 41 heavy (non-hydrogen) atoms. The second-order valence-corrected chi connectivity index (χ2v) is 9.27. The predicted molar refractivity (Wildman–Crippen MR) is 147 cm³/mol. The van der Waals surface area contributed by atoms with E-state index in [0.717, 1.165) is 5.69 Å². The Morgan fingerprint density at radius 3 is 2.68 bits per heavy atom. The summed E-state index contributed by atoms with van der Waals surface area (Å²) >= 11 is 0.